The van der Waals surface area contributed by atoms with Crippen LogP contribution in [0.5, 0.6) is 0 Å². The molecule has 6 heteroatoms. The van der Waals surface area contributed by atoms with Crippen LogP contribution in [0.1, 0.15) is 36.6 Å². The number of pyridine rings is 1. The predicted octanol–water partition coefficient (Wildman–Crippen LogP) is 2.59. The van der Waals surface area contributed by atoms with Crippen LogP contribution in [0.15, 0.2) is 18.3 Å². The maximum absolute atomic E-state index is 12.5. The van der Waals surface area contributed by atoms with Crippen molar-refractivity contribution >= 4 is 0 Å². The lowest BCUT2D eigenvalue weighted by Crippen LogP contribution is -2.37. The fourth-order valence-electron chi connectivity index (χ4n) is 2.50. The van der Waals surface area contributed by atoms with Gasteiger partial charge in [0.2, 0.25) is 0 Å². The zero-order valence-corrected chi connectivity index (χ0v) is 10.7. The number of nitrogens with zero attached hydrogens (tertiary/aromatic N) is 2. The number of halogens is 3. The van der Waals surface area contributed by atoms with Gasteiger partial charge in [-0.2, -0.15) is 13.2 Å². The zero-order chi connectivity index (χ0) is 13.9. The van der Waals surface area contributed by atoms with Gasteiger partial charge in [0.05, 0.1) is 0 Å². The number of hydrogen-bond acceptors (Lipinski definition) is 3. The molecule has 0 spiro atoms. The molecule has 2 N–H and O–H groups in total. The van der Waals surface area contributed by atoms with Gasteiger partial charge in [0.25, 0.3) is 0 Å². The third-order valence-electron chi connectivity index (χ3n) is 3.52. The fraction of sp³-hybridized carbons (Fsp3) is 0.615. The van der Waals surface area contributed by atoms with E-state index in [0.717, 1.165) is 37.6 Å². The topological polar surface area (TPSA) is 42.1 Å². The number of piperidine rings is 1. The number of hydrogen-bond donors (Lipinski definition) is 1. The minimum atomic E-state index is -4.39. The lowest BCUT2D eigenvalue weighted by molar-refractivity contribution is -0.141. The smallest absolute Gasteiger partial charge is 0.329 e. The van der Waals surface area contributed by atoms with Gasteiger partial charge in [0, 0.05) is 18.8 Å². The molecule has 106 valence electrons. The number of alkyl halides is 3. The predicted molar refractivity (Wildman–Crippen MR) is 66.5 cm³/mol. The van der Waals surface area contributed by atoms with Gasteiger partial charge in [-0.3, -0.25) is 9.88 Å². The Morgan fingerprint density at radius 1 is 1.21 bits per heavy atom. The maximum atomic E-state index is 12.5. The lowest BCUT2D eigenvalue weighted by atomic mass is 10.0. The van der Waals surface area contributed by atoms with Gasteiger partial charge in [-0.05, 0) is 37.6 Å². The maximum Gasteiger partial charge on any atom is 0.433 e. The highest BCUT2D eigenvalue weighted by molar-refractivity contribution is 5.20. The van der Waals surface area contributed by atoms with Crippen LogP contribution in [0.25, 0.3) is 0 Å². The summed E-state index contributed by atoms with van der Waals surface area (Å²) in [5, 5.41) is 0. The third kappa shape index (κ3) is 3.45. The molecule has 1 aliphatic rings. The van der Waals surface area contributed by atoms with Crippen molar-refractivity contribution in [2.45, 2.75) is 31.5 Å². The summed E-state index contributed by atoms with van der Waals surface area (Å²) < 4.78 is 37.4. The van der Waals surface area contributed by atoms with Gasteiger partial charge in [-0.25, -0.2) is 0 Å². The van der Waals surface area contributed by atoms with Crippen LogP contribution in [0.2, 0.25) is 0 Å². The molecule has 0 radical (unpaired) electrons. The SMILES string of the molecule is NCC(c1ccc(C(F)(F)F)nc1)N1CCCCC1. The summed E-state index contributed by atoms with van der Waals surface area (Å²) in [6.07, 6.45) is 0.352. The van der Waals surface area contributed by atoms with Crippen LogP contribution in [-0.4, -0.2) is 29.5 Å². The first-order chi connectivity index (χ1) is 9.02. The van der Waals surface area contributed by atoms with E-state index in [1.165, 1.54) is 18.7 Å². The van der Waals surface area contributed by atoms with Crippen LogP contribution < -0.4 is 5.73 Å². The highest BCUT2D eigenvalue weighted by Gasteiger charge is 2.32. The Bertz CT molecular complexity index is 397. The van der Waals surface area contributed by atoms with Gasteiger partial charge in [-0.15, -0.1) is 0 Å². The van der Waals surface area contributed by atoms with E-state index < -0.39 is 11.9 Å². The molecule has 1 fully saturated rings. The van der Waals surface area contributed by atoms with Crippen LogP contribution in [-0.2, 0) is 6.18 Å². The van der Waals surface area contributed by atoms with Crippen LogP contribution in [0.3, 0.4) is 0 Å². The molecule has 0 aliphatic carbocycles. The van der Waals surface area contributed by atoms with E-state index in [1.807, 2.05) is 0 Å². The Balaban J connectivity index is 2.14. The Morgan fingerprint density at radius 2 is 1.89 bits per heavy atom. The molecule has 3 nitrogen and oxygen atoms in total. The van der Waals surface area contributed by atoms with Crippen LogP contribution >= 0.6 is 0 Å². The monoisotopic (exact) mass is 273 g/mol. The Morgan fingerprint density at radius 3 is 2.37 bits per heavy atom. The zero-order valence-electron chi connectivity index (χ0n) is 10.7. The normalized spacial score (nSPS) is 19.4. The Labute approximate surface area is 110 Å². The van der Waals surface area contributed by atoms with Crippen LogP contribution in [0.4, 0.5) is 13.2 Å². The summed E-state index contributed by atoms with van der Waals surface area (Å²) in [6, 6.07) is 2.49. The van der Waals surface area contributed by atoms with Crippen LogP contribution in [0, 0.1) is 0 Å². The molecule has 19 heavy (non-hydrogen) atoms. The van der Waals surface area contributed by atoms with Gasteiger partial charge in [-0.1, -0.05) is 12.5 Å². The van der Waals surface area contributed by atoms with Gasteiger partial charge in [0.1, 0.15) is 5.69 Å². The van der Waals surface area contributed by atoms with Gasteiger partial charge < -0.3 is 5.73 Å². The molecule has 1 saturated heterocycles. The average Bonchev–Trinajstić information content (AvgIpc) is 2.40. The van der Waals surface area contributed by atoms with Crippen molar-refractivity contribution in [1.29, 1.82) is 0 Å². The summed E-state index contributed by atoms with van der Waals surface area (Å²) in [5.74, 6) is 0. The second kappa shape index (κ2) is 5.88. The summed E-state index contributed by atoms with van der Waals surface area (Å²) in [4.78, 5) is 5.74. The number of likely N-dealkylation sites (tertiary alicyclic amines) is 1. The quantitative estimate of drug-likeness (QED) is 0.920. The molecule has 1 aliphatic heterocycles. The second-order valence-electron chi connectivity index (χ2n) is 4.82. The largest absolute Gasteiger partial charge is 0.433 e. The Kier molecular flexibility index (Phi) is 4.42. The third-order valence-corrected chi connectivity index (χ3v) is 3.52. The fourth-order valence-corrected chi connectivity index (χ4v) is 2.50. The molecule has 0 amide bonds. The summed E-state index contributed by atoms with van der Waals surface area (Å²) in [6.45, 7) is 2.29. The molecular weight excluding hydrogens is 255 g/mol. The molecule has 0 aromatic carbocycles. The van der Waals surface area contributed by atoms with E-state index in [4.69, 9.17) is 5.73 Å². The van der Waals surface area contributed by atoms with E-state index in [9.17, 15) is 13.2 Å². The molecule has 1 unspecified atom stereocenters. The van der Waals surface area contributed by atoms with Crippen molar-refractivity contribution in [2.24, 2.45) is 5.73 Å². The van der Waals surface area contributed by atoms with Crippen molar-refractivity contribution < 1.29 is 13.2 Å². The van der Waals surface area contributed by atoms with Crippen molar-refractivity contribution in [2.75, 3.05) is 19.6 Å². The highest BCUT2D eigenvalue weighted by atomic mass is 19.4. The standard InChI is InChI=1S/C13H18F3N3/c14-13(15,16)12-5-4-10(9-18-12)11(8-17)19-6-2-1-3-7-19/h4-5,9,11H,1-3,6-8,17H2. The van der Waals surface area contributed by atoms with E-state index in [2.05, 4.69) is 9.88 Å². The van der Waals surface area contributed by atoms with Crippen molar-refractivity contribution in [3.8, 4) is 0 Å². The van der Waals surface area contributed by atoms with E-state index in [-0.39, 0.29) is 6.04 Å². The van der Waals surface area contributed by atoms with E-state index in [0.29, 0.717) is 6.54 Å². The van der Waals surface area contributed by atoms with Crippen molar-refractivity contribution in [3.63, 3.8) is 0 Å². The minimum Gasteiger partial charge on any atom is -0.329 e. The summed E-state index contributed by atoms with van der Waals surface area (Å²) in [7, 11) is 0. The summed E-state index contributed by atoms with van der Waals surface area (Å²) in [5.41, 5.74) is 5.67. The second-order valence-corrected chi connectivity index (χ2v) is 4.82. The first-order valence-electron chi connectivity index (χ1n) is 6.49. The minimum absolute atomic E-state index is 0.0323. The summed E-state index contributed by atoms with van der Waals surface area (Å²) >= 11 is 0. The lowest BCUT2D eigenvalue weighted by Gasteiger charge is -2.34. The molecule has 1 aromatic rings. The number of rotatable bonds is 3. The van der Waals surface area contributed by atoms with E-state index >= 15 is 0 Å². The Hall–Kier alpha value is -1.14. The highest BCUT2D eigenvalue weighted by Crippen LogP contribution is 2.29. The van der Waals surface area contributed by atoms with Gasteiger partial charge >= 0.3 is 6.18 Å². The van der Waals surface area contributed by atoms with Crippen molar-refractivity contribution in [1.82, 2.24) is 9.88 Å². The molecule has 0 saturated carbocycles. The molecule has 0 bridgehead atoms. The van der Waals surface area contributed by atoms with Gasteiger partial charge in [0.15, 0.2) is 0 Å². The van der Waals surface area contributed by atoms with E-state index in [1.54, 1.807) is 0 Å². The first kappa shape index (κ1) is 14.3. The molecule has 1 atom stereocenters. The average molecular weight is 273 g/mol. The molecular formula is C13H18F3N3. The molecule has 2 heterocycles. The van der Waals surface area contributed by atoms with Crippen molar-refractivity contribution in [3.05, 3.63) is 29.6 Å². The molecule has 2 rings (SSSR count). The first-order valence-corrected chi connectivity index (χ1v) is 6.49. The molecule has 1 aromatic heterocycles. The number of aromatic nitrogens is 1. The number of nitrogens with two attached hydrogens (primary N) is 1.